The molecular weight excluding hydrogens is 338 g/mol. The number of hydrogen-bond donors (Lipinski definition) is 2. The first-order chi connectivity index (χ1) is 11.8. The van der Waals surface area contributed by atoms with E-state index in [9.17, 15) is 8.42 Å². The molecular formula is C17H23N5O2S. The van der Waals surface area contributed by atoms with Crippen LogP contribution >= 0.6 is 0 Å². The fraction of sp³-hybridized carbons (Fsp3) is 0.529. The molecule has 0 amide bonds. The molecule has 4 rings (SSSR count). The molecule has 1 aromatic carbocycles. The number of sulfone groups is 1. The van der Waals surface area contributed by atoms with Crippen LogP contribution in [0.1, 0.15) is 38.4 Å². The van der Waals surface area contributed by atoms with Crippen LogP contribution in [0, 0.1) is 0 Å². The van der Waals surface area contributed by atoms with Gasteiger partial charge in [0.25, 0.3) is 0 Å². The molecule has 1 saturated carbocycles. The Morgan fingerprint density at radius 2 is 1.96 bits per heavy atom. The Labute approximate surface area is 147 Å². The number of aromatic amines is 1. The molecule has 2 aliphatic rings. The molecule has 8 heteroatoms. The number of hydrazine groups is 1. The summed E-state index contributed by atoms with van der Waals surface area (Å²) in [5, 5.41) is 9.26. The second-order valence-corrected chi connectivity index (χ2v) is 10.2. The summed E-state index contributed by atoms with van der Waals surface area (Å²) in [5.74, 6) is 2.41. The average Bonchev–Trinajstić information content (AvgIpc) is 3.29. The molecule has 2 aromatic rings. The zero-order chi connectivity index (χ0) is 17.7. The Bertz CT molecular complexity index is 869. The quantitative estimate of drug-likeness (QED) is 0.867. The van der Waals surface area contributed by atoms with Crippen molar-refractivity contribution in [2.75, 3.05) is 24.3 Å². The van der Waals surface area contributed by atoms with Crippen molar-refractivity contribution >= 4 is 15.5 Å². The van der Waals surface area contributed by atoms with Crippen LogP contribution in [0.3, 0.4) is 0 Å². The van der Waals surface area contributed by atoms with Crippen LogP contribution in [0.4, 0.5) is 5.69 Å². The van der Waals surface area contributed by atoms with Crippen molar-refractivity contribution in [3.05, 3.63) is 30.1 Å². The minimum atomic E-state index is -3.03. The topological polar surface area (TPSA) is 91.0 Å². The zero-order valence-electron chi connectivity index (χ0n) is 14.5. The predicted octanol–water partition coefficient (Wildman–Crippen LogP) is 2.18. The first-order valence-electron chi connectivity index (χ1n) is 8.61. The summed E-state index contributed by atoms with van der Waals surface area (Å²) in [6, 6.07) is 7.94. The van der Waals surface area contributed by atoms with E-state index in [2.05, 4.69) is 20.6 Å². The van der Waals surface area contributed by atoms with Gasteiger partial charge in [-0.15, -0.1) is 0 Å². The van der Waals surface area contributed by atoms with Gasteiger partial charge in [-0.3, -0.25) is 5.10 Å². The van der Waals surface area contributed by atoms with Crippen LogP contribution in [-0.4, -0.2) is 52.2 Å². The first kappa shape index (κ1) is 16.5. The van der Waals surface area contributed by atoms with E-state index in [-0.39, 0.29) is 5.75 Å². The standard InChI is InChI=1S/C17H23N5O2S/c1-17(2)11-22(9-10-25(17,23)24)21-14-7-5-13(6-8-14)16-18-15(19-20-16)12-3-4-12/h5-8,12,21H,3-4,9-11H2,1-2H3,(H,18,19,20). The van der Waals surface area contributed by atoms with Gasteiger partial charge in [-0.1, -0.05) is 0 Å². The summed E-state index contributed by atoms with van der Waals surface area (Å²) >= 11 is 0. The smallest absolute Gasteiger partial charge is 0.158 e. The number of nitrogens with zero attached hydrogens (tertiary/aromatic N) is 3. The van der Waals surface area contributed by atoms with E-state index in [0.717, 1.165) is 22.9 Å². The molecule has 2 heterocycles. The fourth-order valence-electron chi connectivity index (χ4n) is 3.05. The van der Waals surface area contributed by atoms with Crippen LogP contribution in [0.15, 0.2) is 24.3 Å². The third-order valence-corrected chi connectivity index (χ3v) is 7.47. The molecule has 25 heavy (non-hydrogen) atoms. The number of H-pyrrole nitrogens is 1. The Morgan fingerprint density at radius 3 is 2.60 bits per heavy atom. The second-order valence-electron chi connectivity index (χ2n) is 7.51. The second kappa shape index (κ2) is 5.81. The highest BCUT2D eigenvalue weighted by Gasteiger charge is 2.40. The molecule has 1 saturated heterocycles. The van der Waals surface area contributed by atoms with Crippen molar-refractivity contribution in [2.24, 2.45) is 0 Å². The van der Waals surface area contributed by atoms with Gasteiger partial charge in [-0.25, -0.2) is 18.4 Å². The summed E-state index contributed by atoms with van der Waals surface area (Å²) in [6.07, 6.45) is 2.37. The number of hydrogen-bond acceptors (Lipinski definition) is 6. The lowest BCUT2D eigenvalue weighted by Gasteiger charge is -2.37. The SMILES string of the molecule is CC1(C)CN(Nc2ccc(-c3nc(C4CC4)n[nH]3)cc2)CCS1(=O)=O. The van der Waals surface area contributed by atoms with Gasteiger partial charge in [0.1, 0.15) is 0 Å². The molecule has 1 aliphatic carbocycles. The zero-order valence-corrected chi connectivity index (χ0v) is 15.3. The van der Waals surface area contributed by atoms with Gasteiger partial charge in [0, 0.05) is 30.3 Å². The monoisotopic (exact) mass is 361 g/mol. The highest BCUT2D eigenvalue weighted by Crippen LogP contribution is 2.38. The van der Waals surface area contributed by atoms with Gasteiger partial charge < -0.3 is 5.43 Å². The van der Waals surface area contributed by atoms with Gasteiger partial charge >= 0.3 is 0 Å². The van der Waals surface area contributed by atoms with E-state index < -0.39 is 14.6 Å². The Kier molecular flexibility index (Phi) is 3.84. The van der Waals surface area contributed by atoms with E-state index >= 15 is 0 Å². The summed E-state index contributed by atoms with van der Waals surface area (Å²) in [7, 11) is -3.03. The lowest BCUT2D eigenvalue weighted by atomic mass is 10.2. The number of nitrogens with one attached hydrogen (secondary N) is 2. The van der Waals surface area contributed by atoms with Crippen molar-refractivity contribution in [1.82, 2.24) is 20.2 Å². The van der Waals surface area contributed by atoms with Crippen LogP contribution < -0.4 is 5.43 Å². The molecule has 2 fully saturated rings. The molecule has 0 atom stereocenters. The van der Waals surface area contributed by atoms with Crippen LogP contribution in [-0.2, 0) is 9.84 Å². The molecule has 1 aromatic heterocycles. The van der Waals surface area contributed by atoms with Crippen molar-refractivity contribution < 1.29 is 8.42 Å². The molecule has 0 spiro atoms. The minimum absolute atomic E-state index is 0.174. The van der Waals surface area contributed by atoms with E-state index in [1.165, 1.54) is 12.8 Å². The number of anilines is 1. The minimum Gasteiger partial charge on any atom is -0.319 e. The lowest BCUT2D eigenvalue weighted by Crippen LogP contribution is -2.54. The largest absolute Gasteiger partial charge is 0.319 e. The highest BCUT2D eigenvalue weighted by molar-refractivity contribution is 7.92. The van der Waals surface area contributed by atoms with Gasteiger partial charge in [0.15, 0.2) is 21.5 Å². The van der Waals surface area contributed by atoms with E-state index in [1.807, 2.05) is 29.3 Å². The summed E-state index contributed by atoms with van der Waals surface area (Å²) in [5.41, 5.74) is 5.23. The van der Waals surface area contributed by atoms with Crippen molar-refractivity contribution in [3.63, 3.8) is 0 Å². The average molecular weight is 361 g/mol. The molecule has 2 N–H and O–H groups in total. The third-order valence-electron chi connectivity index (χ3n) is 4.93. The Morgan fingerprint density at radius 1 is 1.24 bits per heavy atom. The highest BCUT2D eigenvalue weighted by atomic mass is 32.2. The molecule has 7 nitrogen and oxygen atoms in total. The van der Waals surface area contributed by atoms with Gasteiger partial charge in [0.2, 0.25) is 0 Å². The Hall–Kier alpha value is -1.93. The number of benzene rings is 1. The van der Waals surface area contributed by atoms with Gasteiger partial charge in [0.05, 0.1) is 10.5 Å². The number of aromatic nitrogens is 3. The third kappa shape index (κ3) is 3.28. The van der Waals surface area contributed by atoms with Crippen molar-refractivity contribution in [3.8, 4) is 11.4 Å². The summed E-state index contributed by atoms with van der Waals surface area (Å²) in [4.78, 5) is 4.56. The summed E-state index contributed by atoms with van der Waals surface area (Å²) < 4.78 is 23.4. The maximum Gasteiger partial charge on any atom is 0.158 e. The normalized spacial score (nSPS) is 22.6. The first-order valence-corrected chi connectivity index (χ1v) is 10.3. The Balaban J connectivity index is 1.43. The van der Waals surface area contributed by atoms with Crippen molar-refractivity contribution in [2.45, 2.75) is 37.4 Å². The van der Waals surface area contributed by atoms with Gasteiger partial charge in [-0.2, -0.15) is 5.10 Å². The maximum atomic E-state index is 12.1. The maximum absolute atomic E-state index is 12.1. The van der Waals surface area contributed by atoms with Crippen LogP contribution in [0.25, 0.3) is 11.4 Å². The molecule has 1 aliphatic heterocycles. The molecule has 0 bridgehead atoms. The number of rotatable bonds is 4. The molecule has 134 valence electrons. The van der Waals surface area contributed by atoms with Crippen LogP contribution in [0.2, 0.25) is 0 Å². The van der Waals surface area contributed by atoms with Crippen LogP contribution in [0.5, 0.6) is 0 Å². The predicted molar refractivity (Wildman–Crippen MR) is 96.9 cm³/mol. The summed E-state index contributed by atoms with van der Waals surface area (Å²) in [6.45, 7) is 4.51. The fourth-order valence-corrected chi connectivity index (χ4v) is 4.42. The van der Waals surface area contributed by atoms with Gasteiger partial charge in [-0.05, 0) is 51.0 Å². The van der Waals surface area contributed by atoms with E-state index in [1.54, 1.807) is 13.8 Å². The molecule has 0 radical (unpaired) electrons. The lowest BCUT2D eigenvalue weighted by molar-refractivity contribution is 0.296. The van der Waals surface area contributed by atoms with E-state index in [0.29, 0.717) is 19.0 Å². The molecule has 0 unspecified atom stereocenters. The van der Waals surface area contributed by atoms with Crippen molar-refractivity contribution in [1.29, 1.82) is 0 Å². The van der Waals surface area contributed by atoms with E-state index in [4.69, 9.17) is 0 Å².